The third-order valence-corrected chi connectivity index (χ3v) is 0.655. The molecule has 40 valence electrons. The number of hydrogen-bond donors (Lipinski definition) is 0. The van der Waals surface area contributed by atoms with Gasteiger partial charge in [0.1, 0.15) is 0 Å². The molecule has 0 aromatic carbocycles. The molecule has 0 bridgehead atoms. The largest absolute Gasteiger partial charge is 0.153 e. The summed E-state index contributed by atoms with van der Waals surface area (Å²) < 4.78 is 0. The molecule has 0 spiro atoms. The van der Waals surface area contributed by atoms with Crippen LogP contribution in [0.15, 0.2) is 24.3 Å². The number of rotatable bonds is 0. The van der Waals surface area contributed by atoms with Gasteiger partial charge < -0.3 is 0 Å². The van der Waals surface area contributed by atoms with Gasteiger partial charge in [-0.15, -0.1) is 0 Å². The van der Waals surface area contributed by atoms with E-state index in [1.54, 1.807) is 0 Å². The fraction of sp³-hybridized carbons (Fsp3) is 0.200. The van der Waals surface area contributed by atoms with E-state index in [9.17, 15) is 0 Å². The summed E-state index contributed by atoms with van der Waals surface area (Å²) in [5, 5.41) is 0. The van der Waals surface area contributed by atoms with E-state index < -0.39 is 0 Å². The van der Waals surface area contributed by atoms with Crippen LogP contribution >= 0.6 is 9.90 Å². The van der Waals surface area contributed by atoms with Gasteiger partial charge in [-0.1, -0.05) is 24.3 Å². The first-order valence-corrected chi connectivity index (χ1v) is 1.82. The molecular formula is C5H9CrP. The Kier molecular flexibility index (Phi) is 9.60. The molecule has 1 rings (SSSR count). The zero-order chi connectivity index (χ0) is 3.54. The molecule has 0 aromatic rings. The number of allylic oxidation sites excluding steroid dienone is 4. The Hall–Kier alpha value is 0.442. The van der Waals surface area contributed by atoms with Gasteiger partial charge in [0.15, 0.2) is 0 Å². The quantitative estimate of drug-likeness (QED) is 0.462. The van der Waals surface area contributed by atoms with E-state index in [0.717, 1.165) is 6.42 Å². The van der Waals surface area contributed by atoms with E-state index in [1.807, 2.05) is 0 Å². The predicted molar refractivity (Wildman–Crippen MR) is 34.0 cm³/mol. The summed E-state index contributed by atoms with van der Waals surface area (Å²) in [5.41, 5.74) is 0. The third kappa shape index (κ3) is 4.29. The van der Waals surface area contributed by atoms with Gasteiger partial charge in [0.2, 0.25) is 0 Å². The first-order chi connectivity index (χ1) is 2.50. The molecule has 0 N–H and O–H groups in total. The number of hydrogen-bond acceptors (Lipinski definition) is 0. The van der Waals surface area contributed by atoms with Crippen LogP contribution in [-0.2, 0) is 17.4 Å². The van der Waals surface area contributed by atoms with Gasteiger partial charge in [-0.3, -0.25) is 0 Å². The van der Waals surface area contributed by atoms with Gasteiger partial charge in [-0.25, -0.2) is 0 Å². The Morgan fingerprint density at radius 2 is 1.43 bits per heavy atom. The predicted octanol–water partition coefficient (Wildman–Crippen LogP) is 1.56. The second-order valence-corrected chi connectivity index (χ2v) is 1.09. The Morgan fingerprint density at radius 1 is 1.00 bits per heavy atom. The molecular weight excluding hydrogens is 143 g/mol. The van der Waals surface area contributed by atoms with Crippen LogP contribution in [0.4, 0.5) is 0 Å². The molecule has 0 radical (unpaired) electrons. The van der Waals surface area contributed by atoms with E-state index in [2.05, 4.69) is 24.3 Å². The van der Waals surface area contributed by atoms with E-state index in [1.165, 1.54) is 0 Å². The molecule has 2 heteroatoms. The van der Waals surface area contributed by atoms with Crippen molar-refractivity contribution in [3.8, 4) is 0 Å². The maximum Gasteiger partial charge on any atom is 0 e. The van der Waals surface area contributed by atoms with Crippen molar-refractivity contribution < 1.29 is 17.4 Å². The van der Waals surface area contributed by atoms with Crippen LogP contribution in [0.5, 0.6) is 0 Å². The van der Waals surface area contributed by atoms with Crippen molar-refractivity contribution in [3.63, 3.8) is 0 Å². The van der Waals surface area contributed by atoms with Crippen LogP contribution in [0.1, 0.15) is 6.42 Å². The molecule has 1 atom stereocenters. The maximum absolute atomic E-state index is 2.12. The van der Waals surface area contributed by atoms with Crippen LogP contribution in [0.2, 0.25) is 0 Å². The molecule has 7 heavy (non-hydrogen) atoms. The topological polar surface area (TPSA) is 0 Å². The van der Waals surface area contributed by atoms with E-state index >= 15 is 0 Å². The minimum absolute atomic E-state index is 0. The van der Waals surface area contributed by atoms with Crippen molar-refractivity contribution in [3.05, 3.63) is 24.3 Å². The van der Waals surface area contributed by atoms with Crippen molar-refractivity contribution in [2.45, 2.75) is 6.42 Å². The zero-order valence-electron chi connectivity index (χ0n) is 4.13. The fourth-order valence-corrected chi connectivity index (χ4v) is 0.393. The Labute approximate surface area is 58.4 Å². The van der Waals surface area contributed by atoms with Gasteiger partial charge in [0.05, 0.1) is 0 Å². The Balaban J connectivity index is 0. The second kappa shape index (κ2) is 6.44. The summed E-state index contributed by atoms with van der Waals surface area (Å²) in [6.45, 7) is 0. The van der Waals surface area contributed by atoms with Gasteiger partial charge in [0, 0.05) is 17.4 Å². The van der Waals surface area contributed by atoms with Crippen molar-refractivity contribution in [2.75, 3.05) is 0 Å². The van der Waals surface area contributed by atoms with Crippen LogP contribution in [0.3, 0.4) is 0 Å². The monoisotopic (exact) mass is 152 g/mol. The Morgan fingerprint density at radius 3 is 1.57 bits per heavy atom. The molecule has 0 saturated carbocycles. The summed E-state index contributed by atoms with van der Waals surface area (Å²) in [6, 6.07) is 0. The first-order valence-electron chi connectivity index (χ1n) is 1.82. The minimum atomic E-state index is 0. The Bertz CT molecular complexity index is 66.1. The maximum atomic E-state index is 2.12. The van der Waals surface area contributed by atoms with E-state index in [-0.39, 0.29) is 27.3 Å². The molecule has 0 nitrogen and oxygen atoms in total. The summed E-state index contributed by atoms with van der Waals surface area (Å²) in [6.07, 6.45) is 9.50. The standard InChI is InChI=1S/C5H6.Cr.H3P/c1-2-4-5-3-1;;/h1-4H,5H2;;1H3. The average molecular weight is 152 g/mol. The smallest absolute Gasteiger partial charge is 0 e. The van der Waals surface area contributed by atoms with Gasteiger partial charge in [0.25, 0.3) is 0 Å². The summed E-state index contributed by atoms with van der Waals surface area (Å²) >= 11 is 0. The SMILES string of the molecule is C1=CCC=C1.P.[Cr]. The molecule has 0 saturated heterocycles. The van der Waals surface area contributed by atoms with Gasteiger partial charge in [-0.05, 0) is 6.42 Å². The minimum Gasteiger partial charge on any atom is -0.153 e. The molecule has 0 aromatic heterocycles. The first kappa shape index (κ1) is 10.4. The third-order valence-electron chi connectivity index (χ3n) is 0.655. The van der Waals surface area contributed by atoms with Crippen LogP contribution in [-0.4, -0.2) is 0 Å². The average Bonchev–Trinajstić information content (AvgIpc) is 1.76. The molecule has 0 fully saturated rings. The summed E-state index contributed by atoms with van der Waals surface area (Å²) in [5.74, 6) is 0. The second-order valence-electron chi connectivity index (χ2n) is 1.09. The molecule has 0 aliphatic heterocycles. The molecule has 1 aliphatic carbocycles. The van der Waals surface area contributed by atoms with E-state index in [4.69, 9.17) is 0 Å². The van der Waals surface area contributed by atoms with Crippen molar-refractivity contribution in [1.82, 2.24) is 0 Å². The summed E-state index contributed by atoms with van der Waals surface area (Å²) in [4.78, 5) is 0. The zero-order valence-corrected chi connectivity index (χ0v) is 6.82. The molecule has 0 heterocycles. The molecule has 0 amide bonds. The molecule has 1 aliphatic rings. The molecule has 1 unspecified atom stereocenters. The van der Waals surface area contributed by atoms with Crippen LogP contribution in [0.25, 0.3) is 0 Å². The normalized spacial score (nSPS) is 12.6. The van der Waals surface area contributed by atoms with Crippen molar-refractivity contribution in [1.29, 1.82) is 0 Å². The van der Waals surface area contributed by atoms with Gasteiger partial charge >= 0.3 is 0 Å². The van der Waals surface area contributed by atoms with E-state index in [0.29, 0.717) is 0 Å². The van der Waals surface area contributed by atoms with Crippen LogP contribution in [0, 0.1) is 0 Å². The van der Waals surface area contributed by atoms with Crippen LogP contribution < -0.4 is 0 Å². The van der Waals surface area contributed by atoms with Crippen molar-refractivity contribution >= 4 is 9.90 Å². The van der Waals surface area contributed by atoms with Gasteiger partial charge in [-0.2, -0.15) is 9.90 Å². The van der Waals surface area contributed by atoms with Crippen molar-refractivity contribution in [2.24, 2.45) is 0 Å². The fourth-order valence-electron chi connectivity index (χ4n) is 0.393. The summed E-state index contributed by atoms with van der Waals surface area (Å²) in [7, 11) is 0.